The number of hydrogen-bond acceptors (Lipinski definition) is 4. The number of halogens is 1. The maximum Gasteiger partial charge on any atom is 0.244 e. The molecule has 0 aliphatic heterocycles. The van der Waals surface area contributed by atoms with Gasteiger partial charge in [-0.2, -0.15) is 0 Å². The molecule has 3 aromatic rings. The highest BCUT2D eigenvalue weighted by Gasteiger charge is 2.33. The minimum atomic E-state index is -3.79. The summed E-state index contributed by atoms with van der Waals surface area (Å²) in [6.45, 7) is 4.19. The Labute approximate surface area is 234 Å². The SMILES string of the molecule is CC(C)CNC(=O)C(Cc1ccccc1)N(Cc1ccccc1)C(=O)CN(c1ccc(Br)cc1)S(C)(=O)=O. The molecule has 1 unspecified atom stereocenters. The average Bonchev–Trinajstić information content (AvgIpc) is 2.89. The summed E-state index contributed by atoms with van der Waals surface area (Å²) in [5.41, 5.74) is 2.11. The van der Waals surface area contributed by atoms with Crippen LogP contribution >= 0.6 is 15.9 Å². The highest BCUT2D eigenvalue weighted by atomic mass is 79.9. The fourth-order valence-corrected chi connectivity index (χ4v) is 5.09. The third-order valence-electron chi connectivity index (χ3n) is 5.95. The van der Waals surface area contributed by atoms with Gasteiger partial charge in [-0.05, 0) is 41.3 Å². The summed E-state index contributed by atoms with van der Waals surface area (Å²) in [5, 5.41) is 2.98. The van der Waals surface area contributed by atoms with Crippen molar-refractivity contribution < 1.29 is 18.0 Å². The van der Waals surface area contributed by atoms with Crippen molar-refractivity contribution in [3.8, 4) is 0 Å². The smallest absolute Gasteiger partial charge is 0.244 e. The lowest BCUT2D eigenvalue weighted by molar-refractivity contribution is -0.140. The van der Waals surface area contributed by atoms with Crippen LogP contribution in [0.25, 0.3) is 0 Å². The van der Waals surface area contributed by atoms with Crippen molar-refractivity contribution in [2.24, 2.45) is 5.92 Å². The van der Waals surface area contributed by atoms with E-state index in [4.69, 9.17) is 0 Å². The van der Waals surface area contributed by atoms with Crippen molar-refractivity contribution in [3.63, 3.8) is 0 Å². The van der Waals surface area contributed by atoms with Crippen molar-refractivity contribution >= 4 is 43.5 Å². The number of nitrogens with zero attached hydrogens (tertiary/aromatic N) is 2. The molecular weight excluding hydrogens is 566 g/mol. The highest BCUT2D eigenvalue weighted by Crippen LogP contribution is 2.22. The van der Waals surface area contributed by atoms with E-state index in [9.17, 15) is 18.0 Å². The van der Waals surface area contributed by atoms with Gasteiger partial charge in [0.2, 0.25) is 21.8 Å². The van der Waals surface area contributed by atoms with Gasteiger partial charge >= 0.3 is 0 Å². The summed E-state index contributed by atoms with van der Waals surface area (Å²) >= 11 is 3.36. The average molecular weight is 601 g/mol. The molecule has 0 heterocycles. The molecule has 0 saturated carbocycles. The Balaban J connectivity index is 2.01. The van der Waals surface area contributed by atoms with Gasteiger partial charge in [-0.25, -0.2) is 8.42 Å². The van der Waals surface area contributed by atoms with E-state index in [0.717, 1.165) is 26.2 Å². The Morgan fingerprint density at radius 2 is 1.42 bits per heavy atom. The van der Waals surface area contributed by atoms with Crippen molar-refractivity contribution in [2.45, 2.75) is 32.9 Å². The summed E-state index contributed by atoms with van der Waals surface area (Å²) in [6, 6.07) is 24.8. The number of carbonyl (C=O) groups is 2. The summed E-state index contributed by atoms with van der Waals surface area (Å²) < 4.78 is 27.4. The Morgan fingerprint density at radius 1 is 0.868 bits per heavy atom. The van der Waals surface area contributed by atoms with E-state index >= 15 is 0 Å². The zero-order chi connectivity index (χ0) is 27.7. The maximum absolute atomic E-state index is 13.9. The van der Waals surface area contributed by atoms with Crippen molar-refractivity contribution in [1.82, 2.24) is 10.2 Å². The summed E-state index contributed by atoms with van der Waals surface area (Å²) in [4.78, 5) is 29.0. The molecule has 202 valence electrons. The minimum Gasteiger partial charge on any atom is -0.354 e. The lowest BCUT2D eigenvalue weighted by Crippen LogP contribution is -2.53. The van der Waals surface area contributed by atoms with E-state index in [1.54, 1.807) is 24.3 Å². The number of anilines is 1. The molecule has 3 rings (SSSR count). The standard InChI is InChI=1S/C29H34BrN3O4S/c1-22(2)19-31-29(35)27(18-23-10-6-4-7-11-23)32(20-24-12-8-5-9-13-24)28(34)21-33(38(3,36)37)26-16-14-25(30)15-17-26/h4-17,22,27H,18-21H2,1-3H3,(H,31,35). The van der Waals surface area contributed by atoms with Crippen LogP contribution in [0.2, 0.25) is 0 Å². The molecular formula is C29H34BrN3O4S. The molecule has 0 spiro atoms. The molecule has 38 heavy (non-hydrogen) atoms. The molecule has 1 atom stereocenters. The number of hydrogen-bond donors (Lipinski definition) is 1. The van der Waals surface area contributed by atoms with E-state index in [-0.39, 0.29) is 18.4 Å². The van der Waals surface area contributed by atoms with Gasteiger partial charge in [0.15, 0.2) is 0 Å². The quantitative estimate of drug-likeness (QED) is 0.329. The molecule has 3 aromatic carbocycles. The second-order valence-corrected chi connectivity index (χ2v) is 12.4. The maximum atomic E-state index is 13.9. The minimum absolute atomic E-state index is 0.157. The first-order chi connectivity index (χ1) is 18.0. The fourth-order valence-electron chi connectivity index (χ4n) is 3.98. The first-order valence-electron chi connectivity index (χ1n) is 12.4. The van der Waals surface area contributed by atoms with E-state index in [2.05, 4.69) is 21.2 Å². The van der Waals surface area contributed by atoms with E-state index < -0.39 is 28.5 Å². The van der Waals surface area contributed by atoms with Gasteiger partial charge in [0, 0.05) is 24.0 Å². The lowest BCUT2D eigenvalue weighted by atomic mass is 10.0. The predicted octanol–water partition coefficient (Wildman–Crippen LogP) is 4.63. The fraction of sp³-hybridized carbons (Fsp3) is 0.310. The molecule has 2 amide bonds. The van der Waals surface area contributed by atoms with Crippen LogP contribution in [0.15, 0.2) is 89.4 Å². The topological polar surface area (TPSA) is 86.8 Å². The van der Waals surface area contributed by atoms with E-state index in [1.807, 2.05) is 74.5 Å². The molecule has 0 aromatic heterocycles. The Bertz CT molecular complexity index is 1300. The Morgan fingerprint density at radius 3 is 1.95 bits per heavy atom. The first-order valence-corrected chi connectivity index (χ1v) is 15.1. The van der Waals surface area contributed by atoms with Crippen LogP contribution in [0.3, 0.4) is 0 Å². The molecule has 9 heteroatoms. The van der Waals surface area contributed by atoms with Gasteiger partial charge in [0.05, 0.1) is 11.9 Å². The Kier molecular flexibility index (Phi) is 10.5. The van der Waals surface area contributed by atoms with Crippen LogP contribution in [0, 0.1) is 5.92 Å². The van der Waals surface area contributed by atoms with Crippen LogP contribution in [0.4, 0.5) is 5.69 Å². The zero-order valence-electron chi connectivity index (χ0n) is 21.9. The van der Waals surface area contributed by atoms with Gasteiger partial charge in [-0.3, -0.25) is 13.9 Å². The number of rotatable bonds is 12. The molecule has 0 saturated heterocycles. The third-order valence-corrected chi connectivity index (χ3v) is 7.61. The zero-order valence-corrected chi connectivity index (χ0v) is 24.3. The normalized spacial score (nSPS) is 12.1. The van der Waals surface area contributed by atoms with Gasteiger partial charge in [-0.1, -0.05) is 90.4 Å². The predicted molar refractivity (Wildman–Crippen MR) is 155 cm³/mol. The molecule has 0 radical (unpaired) electrons. The molecule has 0 aliphatic carbocycles. The largest absolute Gasteiger partial charge is 0.354 e. The molecule has 0 aliphatic rings. The van der Waals surface area contributed by atoms with Gasteiger partial charge in [-0.15, -0.1) is 0 Å². The van der Waals surface area contributed by atoms with Crippen LogP contribution in [0.5, 0.6) is 0 Å². The monoisotopic (exact) mass is 599 g/mol. The molecule has 0 bridgehead atoms. The van der Waals surface area contributed by atoms with Gasteiger partial charge < -0.3 is 10.2 Å². The van der Waals surface area contributed by atoms with Crippen LogP contribution in [-0.4, -0.2) is 50.5 Å². The van der Waals surface area contributed by atoms with E-state index in [1.165, 1.54) is 4.90 Å². The molecule has 7 nitrogen and oxygen atoms in total. The summed E-state index contributed by atoms with van der Waals surface area (Å²) in [5.74, 6) is -0.517. The molecule has 0 fully saturated rings. The molecule has 1 N–H and O–H groups in total. The number of carbonyl (C=O) groups excluding carboxylic acids is 2. The van der Waals surface area contributed by atoms with Gasteiger partial charge in [0.25, 0.3) is 0 Å². The third kappa shape index (κ3) is 8.70. The second kappa shape index (κ2) is 13.6. The summed E-state index contributed by atoms with van der Waals surface area (Å²) in [6.07, 6.45) is 1.36. The lowest BCUT2D eigenvalue weighted by Gasteiger charge is -2.33. The second-order valence-electron chi connectivity index (χ2n) is 9.60. The number of sulfonamides is 1. The van der Waals surface area contributed by atoms with Crippen molar-refractivity contribution in [3.05, 3.63) is 101 Å². The first kappa shape index (κ1) is 29.4. The van der Waals surface area contributed by atoms with Crippen molar-refractivity contribution in [1.29, 1.82) is 0 Å². The van der Waals surface area contributed by atoms with Gasteiger partial charge in [0.1, 0.15) is 12.6 Å². The highest BCUT2D eigenvalue weighted by molar-refractivity contribution is 9.10. The van der Waals surface area contributed by atoms with E-state index in [0.29, 0.717) is 18.7 Å². The van der Waals surface area contributed by atoms with Crippen LogP contribution < -0.4 is 9.62 Å². The number of benzene rings is 3. The number of amides is 2. The van der Waals surface area contributed by atoms with Crippen molar-refractivity contribution in [2.75, 3.05) is 23.7 Å². The number of nitrogens with one attached hydrogen (secondary N) is 1. The van der Waals surface area contributed by atoms with Crippen LogP contribution in [-0.2, 0) is 32.6 Å². The van der Waals surface area contributed by atoms with Crippen LogP contribution in [0.1, 0.15) is 25.0 Å². The summed E-state index contributed by atoms with van der Waals surface area (Å²) in [7, 11) is -3.79. The Hall–Kier alpha value is -3.17.